The highest BCUT2D eigenvalue weighted by molar-refractivity contribution is 5.95. The van der Waals surface area contributed by atoms with Gasteiger partial charge in [0, 0.05) is 23.5 Å². The summed E-state index contributed by atoms with van der Waals surface area (Å²) in [7, 11) is 3.30. The fourth-order valence-electron chi connectivity index (χ4n) is 4.29. The molecule has 1 aliphatic carbocycles. The van der Waals surface area contributed by atoms with Gasteiger partial charge >= 0.3 is 0 Å². The molecule has 6 heteroatoms. The van der Waals surface area contributed by atoms with E-state index in [9.17, 15) is 4.79 Å². The van der Waals surface area contributed by atoms with Gasteiger partial charge in [-0.2, -0.15) is 5.10 Å². The van der Waals surface area contributed by atoms with E-state index < -0.39 is 0 Å². The number of amides is 1. The average Bonchev–Trinajstić information content (AvgIpc) is 3.46. The van der Waals surface area contributed by atoms with Crippen molar-refractivity contribution in [2.45, 2.75) is 37.8 Å². The number of methoxy groups -OCH3 is 2. The Labute approximate surface area is 176 Å². The second kappa shape index (κ2) is 8.61. The van der Waals surface area contributed by atoms with Crippen LogP contribution in [-0.2, 0) is 12.1 Å². The Balaban J connectivity index is 1.61. The van der Waals surface area contributed by atoms with Gasteiger partial charge in [-0.25, -0.2) is 0 Å². The maximum atomic E-state index is 13.3. The van der Waals surface area contributed by atoms with Gasteiger partial charge in [0.05, 0.1) is 26.3 Å². The number of nitrogens with zero attached hydrogens (tertiary/aromatic N) is 2. The topological polar surface area (TPSA) is 65.4 Å². The third-order valence-corrected chi connectivity index (χ3v) is 5.87. The molecule has 1 N–H and O–H groups in total. The van der Waals surface area contributed by atoms with Crippen LogP contribution >= 0.6 is 0 Å². The summed E-state index contributed by atoms with van der Waals surface area (Å²) in [5, 5.41) is 7.60. The molecular weight excluding hydrogens is 378 g/mol. The van der Waals surface area contributed by atoms with Gasteiger partial charge in [0.2, 0.25) is 0 Å². The van der Waals surface area contributed by atoms with Crippen LogP contribution in [0.2, 0.25) is 0 Å². The summed E-state index contributed by atoms with van der Waals surface area (Å²) in [5.41, 5.74) is 2.26. The van der Waals surface area contributed by atoms with Gasteiger partial charge in [0.25, 0.3) is 5.91 Å². The first-order valence-electron chi connectivity index (χ1n) is 10.2. The molecule has 0 saturated heterocycles. The van der Waals surface area contributed by atoms with E-state index in [0.717, 1.165) is 48.3 Å². The van der Waals surface area contributed by atoms with E-state index in [1.165, 1.54) is 0 Å². The molecule has 0 aliphatic heterocycles. The standard InChI is InChI=1S/C24H27N3O3/c1-29-21-8-5-7-20(16-21)24(11-3-4-12-24)26-23(28)18-9-10-22(30-2)19(15-18)17-27-14-6-13-25-27/h5-10,13-16H,3-4,11-12,17H2,1-2H3,(H,26,28). The zero-order valence-corrected chi connectivity index (χ0v) is 17.4. The van der Waals surface area contributed by atoms with Crippen LogP contribution in [0, 0.1) is 0 Å². The van der Waals surface area contributed by atoms with Gasteiger partial charge in [0.15, 0.2) is 0 Å². The molecule has 1 amide bonds. The number of ether oxygens (including phenoxy) is 2. The quantitative estimate of drug-likeness (QED) is 0.641. The SMILES string of the molecule is COc1cccc(C2(NC(=O)c3ccc(OC)c(Cn4cccn4)c3)CCCC2)c1. The predicted molar refractivity (Wildman–Crippen MR) is 115 cm³/mol. The normalized spacial score (nSPS) is 15.0. The van der Waals surface area contributed by atoms with Crippen LogP contribution in [0.25, 0.3) is 0 Å². The largest absolute Gasteiger partial charge is 0.497 e. The molecule has 6 nitrogen and oxygen atoms in total. The summed E-state index contributed by atoms with van der Waals surface area (Å²) in [6.07, 6.45) is 7.64. The minimum Gasteiger partial charge on any atom is -0.497 e. The van der Waals surface area contributed by atoms with Gasteiger partial charge < -0.3 is 14.8 Å². The molecule has 0 unspecified atom stereocenters. The van der Waals surface area contributed by atoms with E-state index in [4.69, 9.17) is 9.47 Å². The molecule has 0 atom stereocenters. The van der Waals surface area contributed by atoms with Crippen molar-refractivity contribution in [1.82, 2.24) is 15.1 Å². The van der Waals surface area contributed by atoms with Crippen LogP contribution in [0.15, 0.2) is 60.9 Å². The van der Waals surface area contributed by atoms with Gasteiger partial charge in [-0.1, -0.05) is 25.0 Å². The average molecular weight is 405 g/mol. The van der Waals surface area contributed by atoms with Crippen molar-refractivity contribution in [3.05, 3.63) is 77.6 Å². The maximum Gasteiger partial charge on any atom is 0.251 e. The number of carbonyl (C=O) groups is 1. The molecule has 30 heavy (non-hydrogen) atoms. The Hall–Kier alpha value is -3.28. The third-order valence-electron chi connectivity index (χ3n) is 5.87. The molecule has 1 aliphatic rings. The number of hydrogen-bond donors (Lipinski definition) is 1. The van der Waals surface area contributed by atoms with Crippen molar-refractivity contribution >= 4 is 5.91 Å². The number of nitrogens with one attached hydrogen (secondary N) is 1. The summed E-state index contributed by atoms with van der Waals surface area (Å²) in [5.74, 6) is 1.47. The molecule has 1 heterocycles. The number of rotatable bonds is 7. The molecule has 1 aromatic heterocycles. The lowest BCUT2D eigenvalue weighted by atomic mass is 9.87. The highest BCUT2D eigenvalue weighted by Crippen LogP contribution is 2.40. The zero-order valence-electron chi connectivity index (χ0n) is 17.4. The molecule has 156 valence electrons. The third kappa shape index (κ3) is 4.03. The van der Waals surface area contributed by atoms with Crippen LogP contribution in [0.5, 0.6) is 11.5 Å². The van der Waals surface area contributed by atoms with Gasteiger partial charge in [-0.05, 0) is 54.8 Å². The number of carbonyl (C=O) groups excluding carboxylic acids is 1. The second-order valence-electron chi connectivity index (χ2n) is 7.71. The fourth-order valence-corrected chi connectivity index (χ4v) is 4.29. The van der Waals surface area contributed by atoms with E-state index in [0.29, 0.717) is 12.1 Å². The lowest BCUT2D eigenvalue weighted by molar-refractivity contribution is 0.0898. The predicted octanol–water partition coefficient (Wildman–Crippen LogP) is 4.15. The van der Waals surface area contributed by atoms with Gasteiger partial charge in [-0.15, -0.1) is 0 Å². The summed E-state index contributed by atoms with van der Waals surface area (Å²) in [6.45, 7) is 0.540. The lowest BCUT2D eigenvalue weighted by Gasteiger charge is -2.31. The van der Waals surface area contributed by atoms with Crippen molar-refractivity contribution in [3.8, 4) is 11.5 Å². The minimum atomic E-state index is -0.367. The van der Waals surface area contributed by atoms with Crippen molar-refractivity contribution in [3.63, 3.8) is 0 Å². The Morgan fingerprint density at radius 2 is 1.93 bits per heavy atom. The first-order chi connectivity index (χ1) is 14.6. The number of hydrogen-bond acceptors (Lipinski definition) is 4. The van der Waals surface area contributed by atoms with Crippen molar-refractivity contribution < 1.29 is 14.3 Å². The molecule has 2 aromatic carbocycles. The second-order valence-corrected chi connectivity index (χ2v) is 7.71. The Morgan fingerprint density at radius 1 is 1.10 bits per heavy atom. The zero-order chi connectivity index (χ0) is 21.0. The monoisotopic (exact) mass is 405 g/mol. The highest BCUT2D eigenvalue weighted by Gasteiger charge is 2.37. The summed E-state index contributed by atoms with van der Waals surface area (Å²) in [4.78, 5) is 13.3. The number of aromatic nitrogens is 2. The first-order valence-corrected chi connectivity index (χ1v) is 10.2. The van der Waals surface area contributed by atoms with Crippen molar-refractivity contribution in [1.29, 1.82) is 0 Å². The van der Waals surface area contributed by atoms with Crippen LogP contribution in [0.3, 0.4) is 0 Å². The first kappa shape index (κ1) is 20.0. The molecule has 0 radical (unpaired) electrons. The molecule has 1 saturated carbocycles. The van der Waals surface area contributed by atoms with Crippen molar-refractivity contribution in [2.75, 3.05) is 14.2 Å². The van der Waals surface area contributed by atoms with Gasteiger partial charge in [0.1, 0.15) is 11.5 Å². The smallest absolute Gasteiger partial charge is 0.251 e. The van der Waals surface area contributed by atoms with E-state index in [1.54, 1.807) is 20.4 Å². The summed E-state index contributed by atoms with van der Waals surface area (Å²) in [6, 6.07) is 15.4. The molecular formula is C24H27N3O3. The summed E-state index contributed by atoms with van der Waals surface area (Å²) < 4.78 is 12.7. The molecule has 4 rings (SSSR count). The van der Waals surface area contributed by atoms with Crippen LogP contribution in [0.4, 0.5) is 0 Å². The van der Waals surface area contributed by atoms with E-state index in [1.807, 2.05) is 53.3 Å². The molecule has 0 spiro atoms. The van der Waals surface area contributed by atoms with Crippen molar-refractivity contribution in [2.24, 2.45) is 0 Å². The Bertz CT molecular complexity index is 1010. The highest BCUT2D eigenvalue weighted by atomic mass is 16.5. The van der Waals surface area contributed by atoms with Crippen LogP contribution in [0.1, 0.15) is 47.2 Å². The number of benzene rings is 2. The maximum absolute atomic E-state index is 13.3. The lowest BCUT2D eigenvalue weighted by Crippen LogP contribution is -2.43. The summed E-state index contributed by atoms with van der Waals surface area (Å²) >= 11 is 0. The van der Waals surface area contributed by atoms with E-state index in [-0.39, 0.29) is 11.4 Å². The molecule has 1 fully saturated rings. The fraction of sp³-hybridized carbons (Fsp3) is 0.333. The van der Waals surface area contributed by atoms with Crippen LogP contribution in [-0.4, -0.2) is 29.9 Å². The Kier molecular flexibility index (Phi) is 5.74. The van der Waals surface area contributed by atoms with E-state index >= 15 is 0 Å². The van der Waals surface area contributed by atoms with E-state index in [2.05, 4.69) is 16.5 Å². The van der Waals surface area contributed by atoms with Crippen LogP contribution < -0.4 is 14.8 Å². The van der Waals surface area contributed by atoms with Gasteiger partial charge in [-0.3, -0.25) is 9.48 Å². The molecule has 0 bridgehead atoms. The Morgan fingerprint density at radius 3 is 2.63 bits per heavy atom. The minimum absolute atomic E-state index is 0.0795. The molecule has 3 aromatic rings.